The van der Waals surface area contributed by atoms with Crippen LogP contribution in [0.15, 0.2) is 0 Å². The SMILES string of the molecule is CCCCOOCC(C)(CCCC)CCC(C)(C)CCCC. The van der Waals surface area contributed by atoms with Crippen LogP contribution >= 0.6 is 0 Å². The molecule has 2 heteroatoms. The molecule has 2 nitrogen and oxygen atoms in total. The minimum Gasteiger partial charge on any atom is -0.237 e. The van der Waals surface area contributed by atoms with Crippen molar-refractivity contribution in [3.8, 4) is 0 Å². The Kier molecular flexibility index (Phi) is 12.3. The number of unbranched alkanes of at least 4 members (excludes halogenated alkanes) is 3. The van der Waals surface area contributed by atoms with Crippen molar-refractivity contribution in [1.82, 2.24) is 0 Å². The lowest BCUT2D eigenvalue weighted by molar-refractivity contribution is -0.310. The van der Waals surface area contributed by atoms with E-state index in [-0.39, 0.29) is 5.41 Å². The summed E-state index contributed by atoms with van der Waals surface area (Å²) >= 11 is 0. The first-order valence-corrected chi connectivity index (χ1v) is 9.63. The highest BCUT2D eigenvalue weighted by Gasteiger charge is 2.28. The molecule has 0 saturated carbocycles. The Hall–Kier alpha value is -0.0800. The van der Waals surface area contributed by atoms with Crippen LogP contribution in [0, 0.1) is 10.8 Å². The van der Waals surface area contributed by atoms with Crippen LogP contribution in [0.3, 0.4) is 0 Å². The van der Waals surface area contributed by atoms with Crippen molar-refractivity contribution in [3.05, 3.63) is 0 Å². The van der Waals surface area contributed by atoms with Crippen LogP contribution in [0.2, 0.25) is 0 Å². The van der Waals surface area contributed by atoms with Gasteiger partial charge in [0.2, 0.25) is 0 Å². The van der Waals surface area contributed by atoms with Crippen LogP contribution in [0.25, 0.3) is 0 Å². The van der Waals surface area contributed by atoms with Crippen LogP contribution in [0.1, 0.15) is 106 Å². The highest BCUT2D eigenvalue weighted by Crippen LogP contribution is 2.37. The van der Waals surface area contributed by atoms with Crippen LogP contribution in [-0.2, 0) is 9.78 Å². The van der Waals surface area contributed by atoms with Crippen molar-refractivity contribution in [2.24, 2.45) is 10.8 Å². The second-order valence-electron chi connectivity index (χ2n) is 8.12. The third-order valence-electron chi connectivity index (χ3n) is 4.82. The Morgan fingerprint density at radius 1 is 0.636 bits per heavy atom. The number of hydrogen-bond acceptors (Lipinski definition) is 2. The highest BCUT2D eigenvalue weighted by atomic mass is 17.2. The number of rotatable bonds is 15. The average molecular weight is 315 g/mol. The molecule has 0 aliphatic carbocycles. The Morgan fingerprint density at radius 2 is 1.23 bits per heavy atom. The smallest absolute Gasteiger partial charge is 0.0875 e. The molecule has 0 heterocycles. The summed E-state index contributed by atoms with van der Waals surface area (Å²) < 4.78 is 0. The normalized spacial score (nSPS) is 15.0. The van der Waals surface area contributed by atoms with Crippen LogP contribution in [-0.4, -0.2) is 13.2 Å². The van der Waals surface area contributed by atoms with E-state index in [9.17, 15) is 0 Å². The van der Waals surface area contributed by atoms with Gasteiger partial charge in [-0.1, -0.05) is 73.6 Å². The van der Waals surface area contributed by atoms with E-state index in [0.29, 0.717) is 5.41 Å². The first-order valence-electron chi connectivity index (χ1n) is 9.63. The quantitative estimate of drug-likeness (QED) is 0.185. The van der Waals surface area contributed by atoms with Crippen molar-refractivity contribution in [3.63, 3.8) is 0 Å². The molecule has 0 fully saturated rings. The van der Waals surface area contributed by atoms with Gasteiger partial charge in [-0.3, -0.25) is 0 Å². The molecule has 1 unspecified atom stereocenters. The summed E-state index contributed by atoms with van der Waals surface area (Å²) in [6.07, 6.45) is 12.5. The van der Waals surface area contributed by atoms with E-state index >= 15 is 0 Å². The van der Waals surface area contributed by atoms with E-state index in [0.717, 1.165) is 26.1 Å². The third-order valence-corrected chi connectivity index (χ3v) is 4.82. The van der Waals surface area contributed by atoms with Gasteiger partial charge in [0.1, 0.15) is 0 Å². The summed E-state index contributed by atoms with van der Waals surface area (Å²) in [6, 6.07) is 0. The molecular formula is C20H42O2. The number of hydrogen-bond donors (Lipinski definition) is 0. The predicted octanol–water partition coefficient (Wildman–Crippen LogP) is 6.93. The van der Waals surface area contributed by atoms with Crippen molar-refractivity contribution in [2.45, 2.75) is 106 Å². The maximum atomic E-state index is 5.54. The molecule has 0 bridgehead atoms. The Labute approximate surface area is 140 Å². The molecule has 0 aliphatic heterocycles. The lowest BCUT2D eigenvalue weighted by atomic mass is 9.74. The molecule has 0 N–H and O–H groups in total. The molecule has 0 spiro atoms. The molecule has 0 amide bonds. The van der Waals surface area contributed by atoms with Crippen LogP contribution in [0.5, 0.6) is 0 Å². The fourth-order valence-electron chi connectivity index (χ4n) is 2.74. The molecule has 0 aromatic carbocycles. The second kappa shape index (κ2) is 12.4. The molecule has 22 heavy (non-hydrogen) atoms. The fraction of sp³-hybridized carbons (Fsp3) is 1.00. The van der Waals surface area contributed by atoms with Gasteiger partial charge in [0, 0.05) is 0 Å². The Morgan fingerprint density at radius 3 is 1.82 bits per heavy atom. The van der Waals surface area contributed by atoms with Crippen molar-refractivity contribution in [2.75, 3.05) is 13.2 Å². The minimum absolute atomic E-state index is 0.256. The lowest BCUT2D eigenvalue weighted by Crippen LogP contribution is -2.26. The van der Waals surface area contributed by atoms with Crippen molar-refractivity contribution in [1.29, 1.82) is 0 Å². The average Bonchev–Trinajstić information content (AvgIpc) is 2.49. The first kappa shape index (κ1) is 21.9. The standard InChI is InChI=1S/C20H42O2/c1-7-10-13-19(4,5)15-16-20(6,14-11-8-2)18-22-21-17-12-9-3/h7-18H2,1-6H3. The fourth-order valence-corrected chi connectivity index (χ4v) is 2.74. The van der Waals surface area contributed by atoms with E-state index in [2.05, 4.69) is 41.5 Å². The van der Waals surface area contributed by atoms with Gasteiger partial charge in [-0.05, 0) is 42.9 Å². The van der Waals surface area contributed by atoms with Gasteiger partial charge >= 0.3 is 0 Å². The third kappa shape index (κ3) is 11.5. The molecule has 0 saturated heterocycles. The lowest BCUT2D eigenvalue weighted by Gasteiger charge is -2.33. The molecule has 0 radical (unpaired) electrons. The maximum Gasteiger partial charge on any atom is 0.0875 e. The topological polar surface area (TPSA) is 18.5 Å². The zero-order valence-electron chi connectivity index (χ0n) is 16.3. The monoisotopic (exact) mass is 314 g/mol. The summed E-state index contributed by atoms with van der Waals surface area (Å²) in [5.41, 5.74) is 0.707. The van der Waals surface area contributed by atoms with E-state index in [1.54, 1.807) is 0 Å². The molecule has 0 rings (SSSR count). The van der Waals surface area contributed by atoms with Crippen LogP contribution in [0.4, 0.5) is 0 Å². The molecule has 0 aromatic rings. The zero-order chi connectivity index (χ0) is 16.9. The Bertz CT molecular complexity index is 250. The van der Waals surface area contributed by atoms with E-state index in [1.165, 1.54) is 51.4 Å². The summed E-state index contributed by atoms with van der Waals surface area (Å²) in [5, 5.41) is 0. The van der Waals surface area contributed by atoms with E-state index in [4.69, 9.17) is 9.78 Å². The second-order valence-corrected chi connectivity index (χ2v) is 8.12. The van der Waals surface area contributed by atoms with Gasteiger partial charge in [0.15, 0.2) is 0 Å². The molecule has 0 aliphatic rings. The summed E-state index contributed by atoms with van der Waals surface area (Å²) in [6.45, 7) is 15.4. The van der Waals surface area contributed by atoms with E-state index < -0.39 is 0 Å². The van der Waals surface area contributed by atoms with Gasteiger partial charge in [-0.25, -0.2) is 9.78 Å². The summed E-state index contributed by atoms with van der Waals surface area (Å²) in [4.78, 5) is 10.9. The minimum atomic E-state index is 0.256. The Balaban J connectivity index is 4.28. The van der Waals surface area contributed by atoms with Gasteiger partial charge in [0.05, 0.1) is 13.2 Å². The summed E-state index contributed by atoms with van der Waals surface area (Å²) in [7, 11) is 0. The molecule has 134 valence electrons. The van der Waals surface area contributed by atoms with E-state index in [1.807, 2.05) is 0 Å². The van der Waals surface area contributed by atoms with Crippen molar-refractivity contribution >= 4 is 0 Å². The van der Waals surface area contributed by atoms with Gasteiger partial charge in [-0.15, -0.1) is 0 Å². The summed E-state index contributed by atoms with van der Waals surface area (Å²) in [5.74, 6) is 0. The van der Waals surface area contributed by atoms with Gasteiger partial charge in [-0.2, -0.15) is 0 Å². The van der Waals surface area contributed by atoms with Gasteiger partial charge < -0.3 is 0 Å². The maximum absolute atomic E-state index is 5.54. The zero-order valence-corrected chi connectivity index (χ0v) is 16.3. The predicted molar refractivity (Wildman–Crippen MR) is 97.0 cm³/mol. The highest BCUT2D eigenvalue weighted by molar-refractivity contribution is 4.78. The first-order chi connectivity index (χ1) is 10.4. The van der Waals surface area contributed by atoms with Gasteiger partial charge in [0.25, 0.3) is 0 Å². The molecule has 0 aromatic heterocycles. The van der Waals surface area contributed by atoms with Crippen molar-refractivity contribution < 1.29 is 9.78 Å². The largest absolute Gasteiger partial charge is 0.237 e. The molecule has 1 atom stereocenters. The molecular weight excluding hydrogens is 272 g/mol. The van der Waals surface area contributed by atoms with Crippen LogP contribution < -0.4 is 0 Å².